The standard InChI is InChI=1S/C25H25N5O6/c1-14-15(2)26-25(28-24(14)32)30-21(13-17(29-30)18-7-6-10-36-18)27-22(31)9-8-16-11-19(33-3)23(35-5)20(12-16)34-4/h6-13H,1-5H3,(H,27,31)(H,26,28,32)/b9-8-. The minimum absolute atomic E-state index is 0.157. The summed E-state index contributed by atoms with van der Waals surface area (Å²) >= 11 is 0. The molecule has 0 fully saturated rings. The lowest BCUT2D eigenvalue weighted by atomic mass is 10.1. The maximum atomic E-state index is 12.8. The zero-order valence-corrected chi connectivity index (χ0v) is 20.4. The van der Waals surface area contributed by atoms with Crippen molar-refractivity contribution in [3.8, 4) is 34.7 Å². The quantitative estimate of drug-likeness (QED) is 0.358. The number of hydrogen-bond donors (Lipinski definition) is 2. The molecule has 186 valence electrons. The second-order valence-corrected chi connectivity index (χ2v) is 7.69. The van der Waals surface area contributed by atoms with Crippen molar-refractivity contribution in [1.29, 1.82) is 0 Å². The predicted octanol–water partition coefficient (Wildman–Crippen LogP) is 3.51. The van der Waals surface area contributed by atoms with Gasteiger partial charge in [0.15, 0.2) is 17.3 Å². The second kappa shape index (κ2) is 10.2. The number of methoxy groups -OCH3 is 3. The Hall–Kier alpha value is -4.80. The van der Waals surface area contributed by atoms with E-state index in [4.69, 9.17) is 18.6 Å². The molecule has 11 nitrogen and oxygen atoms in total. The Balaban J connectivity index is 1.67. The van der Waals surface area contributed by atoms with Crippen molar-refractivity contribution in [2.45, 2.75) is 13.8 Å². The molecule has 0 saturated heterocycles. The van der Waals surface area contributed by atoms with Gasteiger partial charge in [-0.05, 0) is 49.8 Å². The van der Waals surface area contributed by atoms with E-state index in [0.29, 0.717) is 45.5 Å². The van der Waals surface area contributed by atoms with Gasteiger partial charge in [0, 0.05) is 23.4 Å². The lowest BCUT2D eigenvalue weighted by Crippen LogP contribution is -2.20. The zero-order chi connectivity index (χ0) is 25.8. The van der Waals surface area contributed by atoms with Crippen LogP contribution in [-0.4, -0.2) is 47.0 Å². The molecule has 2 N–H and O–H groups in total. The largest absolute Gasteiger partial charge is 0.493 e. The average molecular weight is 492 g/mol. The van der Waals surface area contributed by atoms with Crippen LogP contribution in [0.25, 0.3) is 23.5 Å². The first kappa shape index (κ1) is 24.3. The lowest BCUT2D eigenvalue weighted by molar-refractivity contribution is -0.111. The summed E-state index contributed by atoms with van der Waals surface area (Å²) in [5, 5.41) is 7.25. The Morgan fingerprint density at radius 1 is 1.11 bits per heavy atom. The highest BCUT2D eigenvalue weighted by Gasteiger charge is 2.17. The highest BCUT2D eigenvalue weighted by Crippen LogP contribution is 2.38. The number of amides is 1. The normalized spacial score (nSPS) is 11.0. The van der Waals surface area contributed by atoms with Crippen molar-refractivity contribution >= 4 is 17.8 Å². The van der Waals surface area contributed by atoms with Crippen molar-refractivity contribution < 1.29 is 23.4 Å². The first-order chi connectivity index (χ1) is 17.3. The summed E-state index contributed by atoms with van der Waals surface area (Å²) in [6, 6.07) is 8.52. The maximum Gasteiger partial charge on any atom is 0.255 e. The monoisotopic (exact) mass is 491 g/mol. The van der Waals surface area contributed by atoms with E-state index in [-0.39, 0.29) is 17.3 Å². The molecule has 0 aliphatic heterocycles. The van der Waals surface area contributed by atoms with Gasteiger partial charge >= 0.3 is 0 Å². The Kier molecular flexibility index (Phi) is 6.91. The SMILES string of the molecule is COc1cc(/C=C\C(=O)Nc2cc(-c3ccco3)nn2-c2nc(C)c(C)c(=O)[nH]2)cc(OC)c1OC. The number of aromatic nitrogens is 4. The first-order valence-electron chi connectivity index (χ1n) is 10.9. The summed E-state index contributed by atoms with van der Waals surface area (Å²) in [6.07, 6.45) is 4.47. The van der Waals surface area contributed by atoms with E-state index in [2.05, 4.69) is 20.4 Å². The number of ether oxygens (including phenoxy) is 3. The maximum absolute atomic E-state index is 12.8. The van der Waals surface area contributed by atoms with Crippen LogP contribution in [0.4, 0.5) is 5.82 Å². The number of carbonyl (C=O) groups excluding carboxylic acids is 1. The van der Waals surface area contributed by atoms with Gasteiger partial charge in [-0.2, -0.15) is 9.78 Å². The molecule has 0 atom stereocenters. The van der Waals surface area contributed by atoms with E-state index in [1.54, 1.807) is 50.3 Å². The number of rotatable bonds is 8. The average Bonchev–Trinajstić information content (AvgIpc) is 3.55. The van der Waals surface area contributed by atoms with E-state index in [0.717, 1.165) is 0 Å². The van der Waals surface area contributed by atoms with Gasteiger partial charge in [-0.25, -0.2) is 4.98 Å². The van der Waals surface area contributed by atoms with E-state index >= 15 is 0 Å². The van der Waals surface area contributed by atoms with Crippen molar-refractivity contribution in [1.82, 2.24) is 19.7 Å². The molecule has 0 bridgehead atoms. The molecular formula is C25H25N5O6. The van der Waals surface area contributed by atoms with Crippen LogP contribution in [0.5, 0.6) is 17.2 Å². The third kappa shape index (κ3) is 4.85. The van der Waals surface area contributed by atoms with Gasteiger partial charge < -0.3 is 23.9 Å². The summed E-state index contributed by atoms with van der Waals surface area (Å²) in [4.78, 5) is 32.3. The summed E-state index contributed by atoms with van der Waals surface area (Å²) in [6.45, 7) is 3.41. The molecule has 1 amide bonds. The molecule has 11 heteroatoms. The van der Waals surface area contributed by atoms with Crippen LogP contribution in [0.1, 0.15) is 16.8 Å². The van der Waals surface area contributed by atoms with Gasteiger partial charge in [-0.1, -0.05) is 0 Å². The highest BCUT2D eigenvalue weighted by molar-refractivity contribution is 6.01. The van der Waals surface area contributed by atoms with E-state index in [1.165, 1.54) is 38.4 Å². The molecule has 3 aromatic heterocycles. The number of furan rings is 1. The molecule has 4 aromatic rings. The minimum Gasteiger partial charge on any atom is -0.493 e. The number of H-pyrrole nitrogens is 1. The van der Waals surface area contributed by atoms with Crippen molar-refractivity contribution in [3.63, 3.8) is 0 Å². The molecule has 1 aromatic carbocycles. The highest BCUT2D eigenvalue weighted by atomic mass is 16.5. The van der Waals surface area contributed by atoms with Crippen molar-refractivity contribution in [2.75, 3.05) is 26.6 Å². The van der Waals surface area contributed by atoms with Crippen LogP contribution < -0.4 is 25.1 Å². The second-order valence-electron chi connectivity index (χ2n) is 7.69. The van der Waals surface area contributed by atoms with E-state index < -0.39 is 5.91 Å². The predicted molar refractivity (Wildman–Crippen MR) is 133 cm³/mol. The summed E-state index contributed by atoms with van der Waals surface area (Å²) in [7, 11) is 4.54. The van der Waals surface area contributed by atoms with Crippen molar-refractivity contribution in [3.05, 3.63) is 69.8 Å². The van der Waals surface area contributed by atoms with E-state index in [1.807, 2.05) is 0 Å². The number of anilines is 1. The number of aryl methyl sites for hydroxylation is 1. The van der Waals surface area contributed by atoms with Crippen LogP contribution in [0.2, 0.25) is 0 Å². The Morgan fingerprint density at radius 2 is 1.83 bits per heavy atom. The number of nitrogens with one attached hydrogen (secondary N) is 2. The molecule has 0 radical (unpaired) electrons. The molecule has 4 rings (SSSR count). The minimum atomic E-state index is -0.443. The molecule has 36 heavy (non-hydrogen) atoms. The van der Waals surface area contributed by atoms with Crippen LogP contribution in [0.15, 0.2) is 51.9 Å². The molecule has 0 saturated carbocycles. The molecule has 0 spiro atoms. The summed E-state index contributed by atoms with van der Waals surface area (Å²) in [5.74, 6) is 1.86. The molecular weight excluding hydrogens is 466 g/mol. The van der Waals surface area contributed by atoms with Gasteiger partial charge in [0.05, 0.1) is 27.6 Å². The van der Waals surface area contributed by atoms with Gasteiger partial charge in [0.25, 0.3) is 5.56 Å². The third-order valence-electron chi connectivity index (χ3n) is 5.43. The van der Waals surface area contributed by atoms with Gasteiger partial charge in [-0.3, -0.25) is 14.6 Å². The Labute approximate surface area is 206 Å². The van der Waals surface area contributed by atoms with Crippen LogP contribution in [-0.2, 0) is 4.79 Å². The Morgan fingerprint density at radius 3 is 2.42 bits per heavy atom. The van der Waals surface area contributed by atoms with Gasteiger partial charge in [0.1, 0.15) is 11.5 Å². The topological polar surface area (TPSA) is 134 Å². The van der Waals surface area contributed by atoms with Gasteiger partial charge in [0.2, 0.25) is 17.6 Å². The third-order valence-corrected chi connectivity index (χ3v) is 5.43. The fourth-order valence-corrected chi connectivity index (χ4v) is 3.44. The Bertz CT molecular complexity index is 1460. The van der Waals surface area contributed by atoms with Crippen LogP contribution in [0.3, 0.4) is 0 Å². The number of carbonyl (C=O) groups is 1. The smallest absolute Gasteiger partial charge is 0.255 e. The molecule has 0 unspecified atom stereocenters. The number of benzene rings is 1. The zero-order valence-electron chi connectivity index (χ0n) is 20.4. The number of hydrogen-bond acceptors (Lipinski definition) is 8. The van der Waals surface area contributed by atoms with Crippen molar-refractivity contribution in [2.24, 2.45) is 0 Å². The van der Waals surface area contributed by atoms with Crippen LogP contribution >= 0.6 is 0 Å². The van der Waals surface area contributed by atoms with Gasteiger partial charge in [-0.15, -0.1) is 0 Å². The fourth-order valence-electron chi connectivity index (χ4n) is 3.44. The molecule has 3 heterocycles. The summed E-state index contributed by atoms with van der Waals surface area (Å²) < 4.78 is 22.8. The number of aromatic amines is 1. The number of nitrogens with zero attached hydrogens (tertiary/aromatic N) is 3. The summed E-state index contributed by atoms with van der Waals surface area (Å²) in [5.41, 5.74) is 1.85. The first-order valence-corrected chi connectivity index (χ1v) is 10.9. The lowest BCUT2D eigenvalue weighted by Gasteiger charge is -2.12. The van der Waals surface area contributed by atoms with E-state index in [9.17, 15) is 9.59 Å². The molecule has 0 aliphatic rings. The van der Waals surface area contributed by atoms with Crippen LogP contribution in [0, 0.1) is 13.8 Å². The fraction of sp³-hybridized carbons (Fsp3) is 0.200. The molecule has 0 aliphatic carbocycles.